The average Bonchev–Trinajstić information content (AvgIpc) is 3.02. The van der Waals surface area contributed by atoms with E-state index in [2.05, 4.69) is 18.0 Å². The van der Waals surface area contributed by atoms with E-state index in [1.165, 1.54) is 16.7 Å². The summed E-state index contributed by atoms with van der Waals surface area (Å²) in [4.78, 5) is 34.8. The maximum Gasteiger partial charge on any atom is 0.276 e. The summed E-state index contributed by atoms with van der Waals surface area (Å²) in [6.45, 7) is 10.5. The second-order valence-electron chi connectivity index (χ2n) is 11.0. The zero-order chi connectivity index (χ0) is 32.9. The van der Waals surface area contributed by atoms with Crippen LogP contribution in [0.4, 0.5) is 20.2 Å². The number of nitriles is 1. The number of nitrogens with two attached hydrogens (primary N) is 1. The molecule has 1 unspecified atom stereocenters. The molecule has 4 heterocycles. The van der Waals surface area contributed by atoms with Crippen LogP contribution in [-0.4, -0.2) is 52.6 Å². The van der Waals surface area contributed by atoms with Crippen LogP contribution in [-0.2, 0) is 4.79 Å². The van der Waals surface area contributed by atoms with Gasteiger partial charge in [0.15, 0.2) is 11.6 Å². The molecule has 2 aliphatic rings. The van der Waals surface area contributed by atoms with Gasteiger partial charge in [0.2, 0.25) is 5.91 Å². The normalized spacial score (nSPS) is 16.8. The monoisotopic (exact) mass is 673 g/mol. The Hall–Kier alpha value is -4.11. The Morgan fingerprint density at radius 2 is 1.87 bits per heavy atom. The van der Waals surface area contributed by atoms with Crippen LogP contribution in [0.5, 0.6) is 0 Å². The minimum absolute atomic E-state index is 0.0100. The first kappa shape index (κ1) is 32.3. The fourth-order valence-corrected chi connectivity index (χ4v) is 6.57. The Labute approximate surface area is 272 Å². The smallest absolute Gasteiger partial charge is 0.276 e. The fraction of sp³-hybridized carbons (Fsp3) is 0.290. The van der Waals surface area contributed by atoms with Gasteiger partial charge in [-0.3, -0.25) is 14.2 Å². The summed E-state index contributed by atoms with van der Waals surface area (Å²) in [5.74, 6) is -3.09. The first-order chi connectivity index (χ1) is 21.3. The van der Waals surface area contributed by atoms with Crippen molar-refractivity contribution in [1.82, 2.24) is 19.8 Å². The van der Waals surface area contributed by atoms with Crippen molar-refractivity contribution < 1.29 is 13.6 Å². The van der Waals surface area contributed by atoms with Gasteiger partial charge in [0.25, 0.3) is 5.56 Å². The van der Waals surface area contributed by atoms with Gasteiger partial charge < -0.3 is 20.9 Å². The Morgan fingerprint density at radius 1 is 1.20 bits per heavy atom. The van der Waals surface area contributed by atoms with Crippen molar-refractivity contribution in [1.29, 1.82) is 5.26 Å². The van der Waals surface area contributed by atoms with E-state index in [9.17, 15) is 23.6 Å². The molecule has 1 atom stereocenters. The predicted octanol–water partition coefficient (Wildman–Crippen LogP) is 5.96. The summed E-state index contributed by atoms with van der Waals surface area (Å²) in [7, 11) is 0. The van der Waals surface area contributed by atoms with Crippen molar-refractivity contribution in [3.8, 4) is 17.3 Å². The summed E-state index contributed by atoms with van der Waals surface area (Å²) in [5, 5.41) is 12.9. The van der Waals surface area contributed by atoms with Crippen molar-refractivity contribution in [2.75, 3.05) is 36.8 Å². The summed E-state index contributed by atoms with van der Waals surface area (Å²) >= 11 is 19.4. The van der Waals surface area contributed by atoms with E-state index in [4.69, 9.17) is 45.5 Å². The van der Waals surface area contributed by atoms with Gasteiger partial charge in [-0.15, -0.1) is 0 Å². The Morgan fingerprint density at radius 3 is 2.47 bits per heavy atom. The maximum atomic E-state index is 14.8. The van der Waals surface area contributed by atoms with Gasteiger partial charge in [0, 0.05) is 37.1 Å². The standard InChI is InChI=1S/C31H28Cl3F2N7O2/c1-5-19(44)41-8-10-42(11-9-41)29-16-12-18(32)27(20-21(33)23(35)24(36)25(38)22(20)34)40-30(16)43(31(45)17(29)13-37)28-15(4)6-7-39-26(28)14(2)3/h5-7,12,14,26,39H,1,8-11,38H2,2-4H3. The second-order valence-corrected chi connectivity index (χ2v) is 12.2. The lowest BCUT2D eigenvalue weighted by molar-refractivity contribution is -0.126. The number of rotatable bonds is 5. The number of amides is 1. The van der Waals surface area contributed by atoms with Crippen LogP contribution < -0.4 is 21.5 Å². The number of halogens is 5. The lowest BCUT2D eigenvalue weighted by Gasteiger charge is -2.37. The molecule has 1 aromatic carbocycles. The van der Waals surface area contributed by atoms with E-state index in [0.717, 1.165) is 5.57 Å². The molecule has 1 fully saturated rings. The lowest BCUT2D eigenvalue weighted by Crippen LogP contribution is -2.49. The molecule has 0 radical (unpaired) electrons. The number of nitrogens with zero attached hydrogens (tertiary/aromatic N) is 5. The predicted molar refractivity (Wildman–Crippen MR) is 174 cm³/mol. The third-order valence-electron chi connectivity index (χ3n) is 8.02. The summed E-state index contributed by atoms with van der Waals surface area (Å²) in [6, 6.07) is 3.21. The number of carbonyl (C=O) groups is 1. The number of fused-ring (bicyclic) bond motifs is 1. The molecule has 0 bridgehead atoms. The fourth-order valence-electron chi connectivity index (χ4n) is 5.75. The van der Waals surface area contributed by atoms with Crippen molar-refractivity contribution >= 4 is 68.8 Å². The van der Waals surface area contributed by atoms with Gasteiger partial charge in [0.05, 0.1) is 43.9 Å². The molecule has 2 aliphatic heterocycles. The maximum absolute atomic E-state index is 14.8. The number of dihydropyridines is 1. The molecule has 3 N–H and O–H groups in total. The molecule has 1 saturated heterocycles. The van der Waals surface area contributed by atoms with Gasteiger partial charge in [-0.05, 0) is 42.8 Å². The number of anilines is 2. The van der Waals surface area contributed by atoms with Gasteiger partial charge >= 0.3 is 0 Å². The Balaban J connectivity index is 1.90. The van der Waals surface area contributed by atoms with Gasteiger partial charge in [-0.1, -0.05) is 55.2 Å². The van der Waals surface area contributed by atoms with Crippen molar-refractivity contribution in [2.24, 2.45) is 5.92 Å². The van der Waals surface area contributed by atoms with Crippen LogP contribution in [0.15, 0.2) is 41.4 Å². The van der Waals surface area contributed by atoms with Crippen LogP contribution in [0.2, 0.25) is 15.1 Å². The molecule has 234 valence electrons. The molecule has 9 nitrogen and oxygen atoms in total. The minimum Gasteiger partial charge on any atom is -0.395 e. The Kier molecular flexibility index (Phi) is 8.86. The van der Waals surface area contributed by atoms with E-state index in [-0.39, 0.29) is 51.0 Å². The molecule has 0 spiro atoms. The summed E-state index contributed by atoms with van der Waals surface area (Å²) in [6.07, 6.45) is 4.80. The van der Waals surface area contributed by atoms with E-state index in [1.54, 1.807) is 17.2 Å². The number of nitrogens with one attached hydrogen (secondary N) is 1. The summed E-state index contributed by atoms with van der Waals surface area (Å²) < 4.78 is 30.6. The number of pyridine rings is 2. The van der Waals surface area contributed by atoms with Crippen molar-refractivity contribution in [3.05, 3.63) is 79.2 Å². The zero-order valence-corrected chi connectivity index (χ0v) is 26.8. The molecule has 14 heteroatoms. The minimum atomic E-state index is -1.43. The molecular weight excluding hydrogens is 647 g/mol. The quantitative estimate of drug-likeness (QED) is 0.148. The SMILES string of the molecule is C=CC(=O)N1CCN(c2c(C#N)c(=O)n(C3=C(C)C=CNC3C(C)C)c3nc(-c4c(Cl)c(N)c(F)c(F)c4Cl)c(Cl)cc23)CC1. The highest BCUT2D eigenvalue weighted by atomic mass is 35.5. The van der Waals surface area contributed by atoms with Crippen LogP contribution in [0, 0.1) is 28.9 Å². The first-order valence-corrected chi connectivity index (χ1v) is 15.1. The molecule has 1 amide bonds. The van der Waals surface area contributed by atoms with Gasteiger partial charge in [0.1, 0.15) is 17.3 Å². The van der Waals surface area contributed by atoms with E-state index >= 15 is 0 Å². The largest absolute Gasteiger partial charge is 0.395 e. The number of hydrogen-bond donors (Lipinski definition) is 2. The highest BCUT2D eigenvalue weighted by Gasteiger charge is 2.33. The zero-order valence-electron chi connectivity index (χ0n) is 24.5. The number of carbonyl (C=O) groups excluding carboxylic acids is 1. The number of hydrogen-bond acceptors (Lipinski definition) is 7. The molecule has 5 rings (SSSR count). The molecule has 0 aliphatic carbocycles. The third-order valence-corrected chi connectivity index (χ3v) is 9.06. The third kappa shape index (κ3) is 5.31. The van der Waals surface area contributed by atoms with Crippen LogP contribution in [0.25, 0.3) is 28.0 Å². The number of allylic oxidation sites excluding steroid dienone is 2. The van der Waals surface area contributed by atoms with Gasteiger partial charge in [-0.2, -0.15) is 5.26 Å². The first-order valence-electron chi connectivity index (χ1n) is 13.9. The van der Waals surface area contributed by atoms with Crippen molar-refractivity contribution in [3.63, 3.8) is 0 Å². The van der Waals surface area contributed by atoms with E-state index < -0.39 is 32.9 Å². The van der Waals surface area contributed by atoms with E-state index in [0.29, 0.717) is 37.3 Å². The van der Waals surface area contributed by atoms with E-state index in [1.807, 2.05) is 25.7 Å². The molecular formula is C31H28Cl3F2N7O2. The molecule has 2 aromatic heterocycles. The highest BCUT2D eigenvalue weighted by molar-refractivity contribution is 6.42. The molecule has 45 heavy (non-hydrogen) atoms. The molecule has 0 saturated carbocycles. The topological polar surface area (TPSA) is 120 Å². The lowest BCUT2D eigenvalue weighted by atomic mass is 9.94. The summed E-state index contributed by atoms with van der Waals surface area (Å²) in [5.41, 5.74) is 5.50. The van der Waals surface area contributed by atoms with Crippen LogP contribution in [0.3, 0.4) is 0 Å². The number of benzene rings is 1. The number of aromatic nitrogens is 2. The highest BCUT2D eigenvalue weighted by Crippen LogP contribution is 2.45. The average molecular weight is 675 g/mol. The number of piperazine rings is 1. The van der Waals surface area contributed by atoms with Crippen LogP contribution in [0.1, 0.15) is 26.3 Å². The molecule has 3 aromatic rings. The van der Waals surface area contributed by atoms with Crippen LogP contribution >= 0.6 is 34.8 Å². The van der Waals surface area contributed by atoms with Crippen molar-refractivity contribution in [2.45, 2.75) is 26.8 Å². The van der Waals surface area contributed by atoms with Gasteiger partial charge in [-0.25, -0.2) is 13.8 Å². The second kappa shape index (κ2) is 12.4. The Bertz CT molecular complexity index is 1910. The number of nitrogen functional groups attached to an aromatic ring is 1.